The Bertz CT molecular complexity index is 722. The highest BCUT2D eigenvalue weighted by atomic mass is 19.1. The van der Waals surface area contributed by atoms with Crippen LogP contribution in [0.4, 0.5) is 8.78 Å². The van der Waals surface area contributed by atoms with Crippen LogP contribution in [-0.2, 0) is 0 Å². The molecule has 2 nitrogen and oxygen atoms in total. The molecule has 1 aliphatic heterocycles. The molecule has 2 aliphatic rings. The van der Waals surface area contributed by atoms with Crippen LogP contribution in [-0.4, -0.2) is 23.5 Å². The second-order valence-electron chi connectivity index (χ2n) is 6.39. The van der Waals surface area contributed by atoms with E-state index in [9.17, 15) is 8.78 Å². The van der Waals surface area contributed by atoms with E-state index in [1.807, 2.05) is 0 Å². The van der Waals surface area contributed by atoms with Crippen molar-refractivity contribution < 1.29 is 8.78 Å². The van der Waals surface area contributed by atoms with Gasteiger partial charge in [-0.05, 0) is 61.4 Å². The summed E-state index contributed by atoms with van der Waals surface area (Å²) in [5.74, 6) is -0.544. The maximum atomic E-state index is 13.3. The summed E-state index contributed by atoms with van der Waals surface area (Å²) in [6.45, 7) is 0. The lowest BCUT2D eigenvalue weighted by Gasteiger charge is -2.31. The second kappa shape index (κ2) is 6.27. The van der Waals surface area contributed by atoms with Crippen molar-refractivity contribution in [3.8, 4) is 0 Å². The number of halogens is 2. The van der Waals surface area contributed by atoms with Crippen molar-refractivity contribution in [2.24, 2.45) is 9.98 Å². The SMILES string of the molecule is Fc1ccc(C2=NC3CCCCC3N=C2c2ccc(F)cc2)cc1. The molecule has 2 unspecified atom stereocenters. The molecule has 2 aromatic rings. The summed E-state index contributed by atoms with van der Waals surface area (Å²) >= 11 is 0. The summed E-state index contributed by atoms with van der Waals surface area (Å²) in [6.07, 6.45) is 4.41. The summed E-state index contributed by atoms with van der Waals surface area (Å²) < 4.78 is 26.6. The highest BCUT2D eigenvalue weighted by Gasteiger charge is 2.31. The predicted molar refractivity (Wildman–Crippen MR) is 91.9 cm³/mol. The smallest absolute Gasteiger partial charge is 0.123 e. The van der Waals surface area contributed by atoms with E-state index >= 15 is 0 Å². The fourth-order valence-electron chi connectivity index (χ4n) is 3.48. The van der Waals surface area contributed by atoms with Gasteiger partial charge in [0.25, 0.3) is 0 Å². The number of benzene rings is 2. The van der Waals surface area contributed by atoms with Gasteiger partial charge in [-0.15, -0.1) is 0 Å². The molecule has 0 aromatic heterocycles. The van der Waals surface area contributed by atoms with Gasteiger partial charge in [-0.25, -0.2) is 8.78 Å². The van der Waals surface area contributed by atoms with Crippen LogP contribution >= 0.6 is 0 Å². The molecule has 0 N–H and O–H groups in total. The molecular formula is C20H18F2N2. The minimum Gasteiger partial charge on any atom is -0.277 e. The Morgan fingerprint density at radius 2 is 1.00 bits per heavy atom. The van der Waals surface area contributed by atoms with Crippen LogP contribution in [0.15, 0.2) is 58.5 Å². The van der Waals surface area contributed by atoms with E-state index in [4.69, 9.17) is 9.98 Å². The molecule has 0 radical (unpaired) electrons. The van der Waals surface area contributed by atoms with Crippen LogP contribution in [0.2, 0.25) is 0 Å². The van der Waals surface area contributed by atoms with Gasteiger partial charge in [0.05, 0.1) is 23.5 Å². The Hall–Kier alpha value is -2.36. The summed E-state index contributed by atoms with van der Waals surface area (Å²) in [7, 11) is 0. The van der Waals surface area contributed by atoms with E-state index in [-0.39, 0.29) is 23.7 Å². The fraction of sp³-hybridized carbons (Fsp3) is 0.300. The molecule has 2 atom stereocenters. The average Bonchev–Trinajstić information content (AvgIpc) is 2.62. The first-order chi connectivity index (χ1) is 11.7. The molecule has 2 aromatic carbocycles. The first-order valence-electron chi connectivity index (χ1n) is 8.38. The Morgan fingerprint density at radius 1 is 0.625 bits per heavy atom. The molecule has 122 valence electrons. The lowest BCUT2D eigenvalue weighted by molar-refractivity contribution is 0.386. The molecule has 0 saturated heterocycles. The van der Waals surface area contributed by atoms with Crippen LogP contribution < -0.4 is 0 Å². The first kappa shape index (κ1) is 15.2. The van der Waals surface area contributed by atoms with E-state index in [0.29, 0.717) is 0 Å². The largest absolute Gasteiger partial charge is 0.277 e. The van der Waals surface area contributed by atoms with Crippen molar-refractivity contribution >= 4 is 11.4 Å². The van der Waals surface area contributed by atoms with E-state index in [1.54, 1.807) is 24.3 Å². The molecule has 4 rings (SSSR count). The average molecular weight is 324 g/mol. The van der Waals surface area contributed by atoms with Gasteiger partial charge in [-0.2, -0.15) is 0 Å². The molecule has 1 aliphatic carbocycles. The molecule has 0 bridgehead atoms. The summed E-state index contributed by atoms with van der Waals surface area (Å²) in [5, 5.41) is 0. The van der Waals surface area contributed by atoms with Crippen molar-refractivity contribution in [1.82, 2.24) is 0 Å². The zero-order valence-electron chi connectivity index (χ0n) is 13.3. The highest BCUT2D eigenvalue weighted by molar-refractivity contribution is 6.53. The maximum absolute atomic E-state index is 13.3. The zero-order chi connectivity index (χ0) is 16.5. The van der Waals surface area contributed by atoms with E-state index in [2.05, 4.69) is 0 Å². The zero-order valence-corrected chi connectivity index (χ0v) is 13.3. The van der Waals surface area contributed by atoms with Gasteiger partial charge in [-0.3, -0.25) is 9.98 Å². The number of hydrogen-bond donors (Lipinski definition) is 0. The van der Waals surface area contributed by atoms with Crippen molar-refractivity contribution in [2.75, 3.05) is 0 Å². The van der Waals surface area contributed by atoms with Crippen LogP contribution in [0.3, 0.4) is 0 Å². The Kier molecular flexibility index (Phi) is 3.97. The number of aliphatic imine (C=N–C) groups is 2. The fourth-order valence-corrected chi connectivity index (χ4v) is 3.48. The van der Waals surface area contributed by atoms with Crippen molar-refractivity contribution in [2.45, 2.75) is 37.8 Å². The van der Waals surface area contributed by atoms with E-state index in [0.717, 1.165) is 35.4 Å². The maximum Gasteiger partial charge on any atom is 0.123 e. The lowest BCUT2D eigenvalue weighted by atomic mass is 9.87. The Morgan fingerprint density at radius 3 is 1.38 bits per heavy atom. The monoisotopic (exact) mass is 324 g/mol. The molecule has 1 fully saturated rings. The highest BCUT2D eigenvalue weighted by Crippen LogP contribution is 2.29. The minimum absolute atomic E-state index is 0.197. The quantitative estimate of drug-likeness (QED) is 0.773. The van der Waals surface area contributed by atoms with E-state index < -0.39 is 0 Å². The summed E-state index contributed by atoms with van der Waals surface area (Å²) in [4.78, 5) is 9.91. The molecule has 1 heterocycles. The third-order valence-corrected chi connectivity index (χ3v) is 4.74. The van der Waals surface area contributed by atoms with Gasteiger partial charge in [0, 0.05) is 11.1 Å². The molecule has 4 heteroatoms. The molecule has 0 spiro atoms. The van der Waals surface area contributed by atoms with Crippen LogP contribution in [0.5, 0.6) is 0 Å². The first-order valence-corrected chi connectivity index (χ1v) is 8.38. The lowest BCUT2D eigenvalue weighted by Crippen LogP contribution is -2.36. The molecule has 0 amide bonds. The third kappa shape index (κ3) is 2.88. The number of nitrogens with zero attached hydrogens (tertiary/aromatic N) is 2. The topological polar surface area (TPSA) is 24.7 Å². The van der Waals surface area contributed by atoms with E-state index in [1.165, 1.54) is 37.1 Å². The van der Waals surface area contributed by atoms with Crippen molar-refractivity contribution in [3.63, 3.8) is 0 Å². The van der Waals surface area contributed by atoms with Crippen LogP contribution in [0.1, 0.15) is 36.8 Å². The van der Waals surface area contributed by atoms with Gasteiger partial charge in [0.2, 0.25) is 0 Å². The number of fused-ring (bicyclic) bond motifs is 1. The molecular weight excluding hydrogens is 306 g/mol. The van der Waals surface area contributed by atoms with Gasteiger partial charge in [0.15, 0.2) is 0 Å². The Labute approximate surface area is 140 Å². The summed E-state index contributed by atoms with van der Waals surface area (Å²) in [6, 6.07) is 13.1. The van der Waals surface area contributed by atoms with Crippen LogP contribution in [0, 0.1) is 11.6 Å². The number of rotatable bonds is 2. The van der Waals surface area contributed by atoms with Crippen LogP contribution in [0.25, 0.3) is 0 Å². The van der Waals surface area contributed by atoms with Crippen molar-refractivity contribution in [1.29, 1.82) is 0 Å². The second-order valence-corrected chi connectivity index (χ2v) is 6.39. The normalized spacial score (nSPS) is 23.2. The number of hydrogen-bond acceptors (Lipinski definition) is 2. The minimum atomic E-state index is -0.272. The summed E-state index contributed by atoms with van der Waals surface area (Å²) in [5.41, 5.74) is 3.27. The van der Waals surface area contributed by atoms with Gasteiger partial charge in [-0.1, -0.05) is 12.8 Å². The standard InChI is InChI=1S/C20H18F2N2/c21-15-9-5-13(6-10-15)19-20(14-7-11-16(22)12-8-14)24-18-4-2-1-3-17(18)23-19/h5-12,17-18H,1-4H2. The third-order valence-electron chi connectivity index (χ3n) is 4.74. The predicted octanol–water partition coefficient (Wildman–Crippen LogP) is 4.57. The van der Waals surface area contributed by atoms with Crippen molar-refractivity contribution in [3.05, 3.63) is 71.3 Å². The molecule has 1 saturated carbocycles. The van der Waals surface area contributed by atoms with Gasteiger partial charge >= 0.3 is 0 Å². The Balaban J connectivity index is 1.79. The van der Waals surface area contributed by atoms with Gasteiger partial charge in [0.1, 0.15) is 11.6 Å². The molecule has 24 heavy (non-hydrogen) atoms. The van der Waals surface area contributed by atoms with Gasteiger partial charge < -0.3 is 0 Å².